The van der Waals surface area contributed by atoms with Crippen LogP contribution in [0.4, 0.5) is 0 Å². The molecule has 0 N–H and O–H groups in total. The fraction of sp³-hybridized carbons (Fsp3) is 0.200. The van der Waals surface area contributed by atoms with E-state index in [0.29, 0.717) is 12.1 Å². The van der Waals surface area contributed by atoms with E-state index in [9.17, 15) is 9.90 Å². The second kappa shape index (κ2) is 5.49. The normalized spacial score (nSPS) is 11.3. The summed E-state index contributed by atoms with van der Waals surface area (Å²) < 4.78 is 7.30. The number of hydrogen-bond acceptors (Lipinski definition) is 4. The highest BCUT2D eigenvalue weighted by molar-refractivity contribution is 5.95. The molecule has 0 aliphatic carbocycles. The van der Waals surface area contributed by atoms with E-state index in [4.69, 9.17) is 9.68 Å². The van der Waals surface area contributed by atoms with Gasteiger partial charge in [-0.1, -0.05) is 0 Å². The first-order valence-electron chi connectivity index (χ1n) is 6.05. The quantitative estimate of drug-likeness (QED) is 0.620. The van der Waals surface area contributed by atoms with Crippen molar-refractivity contribution in [1.82, 2.24) is 4.57 Å². The second-order valence-electron chi connectivity index (χ2n) is 4.45. The first-order valence-corrected chi connectivity index (χ1v) is 6.05. The molecule has 0 amide bonds. The van der Waals surface area contributed by atoms with Crippen LogP contribution in [0, 0.1) is 25.2 Å². The van der Waals surface area contributed by atoms with Gasteiger partial charge in [0.25, 0.3) is 0 Å². The van der Waals surface area contributed by atoms with E-state index < -0.39 is 5.97 Å². The molecule has 102 valence electrons. The Morgan fingerprint density at radius 3 is 2.85 bits per heavy atom. The van der Waals surface area contributed by atoms with Gasteiger partial charge in [-0.2, -0.15) is 5.26 Å². The molecule has 2 aromatic rings. The van der Waals surface area contributed by atoms with Crippen molar-refractivity contribution < 1.29 is 14.3 Å². The Balaban J connectivity index is 2.39. The number of rotatable bonds is 4. The van der Waals surface area contributed by atoms with Gasteiger partial charge in [0.1, 0.15) is 11.8 Å². The number of carbonyl (C=O) groups excluding carboxylic acids is 1. The average Bonchev–Trinajstić information content (AvgIpc) is 3.00. The molecule has 0 aromatic carbocycles. The molecule has 2 heterocycles. The van der Waals surface area contributed by atoms with E-state index in [0.717, 1.165) is 17.1 Å². The van der Waals surface area contributed by atoms with E-state index in [1.165, 1.54) is 6.08 Å². The molecular weight excluding hydrogens is 256 g/mol. The summed E-state index contributed by atoms with van der Waals surface area (Å²) in [5.41, 5.74) is 2.13. The second-order valence-corrected chi connectivity index (χ2v) is 4.45. The Hall–Kier alpha value is -2.74. The number of carboxylic acids is 1. The molecule has 0 atom stereocenters. The molecule has 0 aliphatic heterocycles. The van der Waals surface area contributed by atoms with Gasteiger partial charge >= 0.3 is 0 Å². The van der Waals surface area contributed by atoms with Crippen LogP contribution in [-0.4, -0.2) is 10.5 Å². The average molecular weight is 269 g/mol. The Kier molecular flexibility index (Phi) is 3.76. The van der Waals surface area contributed by atoms with Gasteiger partial charge in [-0.05, 0) is 43.7 Å². The molecule has 0 bridgehead atoms. The van der Waals surface area contributed by atoms with Crippen molar-refractivity contribution in [2.24, 2.45) is 0 Å². The number of nitriles is 1. The molecule has 2 rings (SSSR count). The van der Waals surface area contributed by atoms with Crippen LogP contribution in [0.3, 0.4) is 0 Å². The topological polar surface area (TPSA) is 82.0 Å². The van der Waals surface area contributed by atoms with Gasteiger partial charge in [-0.3, -0.25) is 0 Å². The highest BCUT2D eigenvalue weighted by Gasteiger charge is 2.10. The van der Waals surface area contributed by atoms with Crippen LogP contribution >= 0.6 is 0 Å². The number of aryl methyl sites for hydroxylation is 1. The van der Waals surface area contributed by atoms with E-state index in [-0.39, 0.29) is 5.57 Å². The molecule has 2 aromatic heterocycles. The number of aromatic nitrogens is 1. The van der Waals surface area contributed by atoms with Gasteiger partial charge < -0.3 is 18.9 Å². The monoisotopic (exact) mass is 269 g/mol. The van der Waals surface area contributed by atoms with Gasteiger partial charge in [0.2, 0.25) is 0 Å². The smallest absolute Gasteiger partial charge is 0.123 e. The Morgan fingerprint density at radius 2 is 2.30 bits per heavy atom. The maximum absolute atomic E-state index is 10.8. The molecule has 20 heavy (non-hydrogen) atoms. The molecule has 0 saturated heterocycles. The predicted octanol–water partition coefficient (Wildman–Crippen LogP) is 1.40. The van der Waals surface area contributed by atoms with Crippen LogP contribution in [0.25, 0.3) is 6.08 Å². The fourth-order valence-corrected chi connectivity index (χ4v) is 2.07. The highest BCUT2D eigenvalue weighted by Crippen LogP contribution is 2.19. The van der Waals surface area contributed by atoms with Crippen LogP contribution in [0.5, 0.6) is 0 Å². The zero-order valence-electron chi connectivity index (χ0n) is 11.2. The summed E-state index contributed by atoms with van der Waals surface area (Å²) in [6, 6.07) is 7.14. The van der Waals surface area contributed by atoms with Crippen LogP contribution < -0.4 is 5.11 Å². The molecule has 5 nitrogen and oxygen atoms in total. The van der Waals surface area contributed by atoms with Crippen molar-refractivity contribution in [3.63, 3.8) is 0 Å². The lowest BCUT2D eigenvalue weighted by Gasteiger charge is -2.07. The van der Waals surface area contributed by atoms with Gasteiger partial charge in [0, 0.05) is 11.4 Å². The maximum Gasteiger partial charge on any atom is 0.123 e. The minimum Gasteiger partial charge on any atom is -0.544 e. The summed E-state index contributed by atoms with van der Waals surface area (Å²) in [4.78, 5) is 10.8. The summed E-state index contributed by atoms with van der Waals surface area (Å²) in [5, 5.41) is 19.5. The molecular formula is C15H13N2O3-. The van der Waals surface area contributed by atoms with E-state index >= 15 is 0 Å². The van der Waals surface area contributed by atoms with E-state index in [2.05, 4.69) is 0 Å². The van der Waals surface area contributed by atoms with Crippen LogP contribution in [0.15, 0.2) is 34.5 Å². The van der Waals surface area contributed by atoms with E-state index in [1.807, 2.05) is 36.6 Å². The number of furan rings is 1. The largest absolute Gasteiger partial charge is 0.544 e. The molecule has 0 unspecified atom stereocenters. The lowest BCUT2D eigenvalue weighted by molar-refractivity contribution is -0.298. The van der Waals surface area contributed by atoms with Crippen molar-refractivity contribution in [2.45, 2.75) is 20.4 Å². The Labute approximate surface area is 116 Å². The van der Waals surface area contributed by atoms with Crippen molar-refractivity contribution in [1.29, 1.82) is 5.26 Å². The van der Waals surface area contributed by atoms with Crippen LogP contribution in [-0.2, 0) is 11.3 Å². The third-order valence-electron chi connectivity index (χ3n) is 3.15. The standard InChI is InChI=1S/C15H14N2O3/c1-10-6-12(7-13(8-16)15(18)19)11(2)17(10)9-14-4-3-5-20-14/h3-7H,9H2,1-2H3,(H,18,19)/p-1/b13-7+. The molecule has 0 radical (unpaired) electrons. The van der Waals surface area contributed by atoms with Crippen molar-refractivity contribution in [2.75, 3.05) is 0 Å². The molecule has 0 fully saturated rings. The summed E-state index contributed by atoms with van der Waals surface area (Å²) in [6.45, 7) is 4.34. The van der Waals surface area contributed by atoms with Crippen LogP contribution in [0.1, 0.15) is 22.7 Å². The number of hydrogen-bond donors (Lipinski definition) is 0. The lowest BCUT2D eigenvalue weighted by atomic mass is 10.1. The fourth-order valence-electron chi connectivity index (χ4n) is 2.07. The Morgan fingerprint density at radius 1 is 1.55 bits per heavy atom. The number of carboxylic acid groups (broad SMARTS) is 1. The minimum absolute atomic E-state index is 0.386. The molecule has 5 heteroatoms. The SMILES string of the molecule is Cc1cc(/C=C(\C#N)C(=O)[O-])c(C)n1Cc1ccco1. The molecule has 0 saturated carbocycles. The predicted molar refractivity (Wildman–Crippen MR) is 70.3 cm³/mol. The summed E-state index contributed by atoms with van der Waals surface area (Å²) in [7, 11) is 0. The first kappa shape index (κ1) is 13.7. The third kappa shape index (κ3) is 2.64. The van der Waals surface area contributed by atoms with E-state index in [1.54, 1.807) is 12.3 Å². The lowest BCUT2D eigenvalue weighted by Crippen LogP contribution is -2.23. The maximum atomic E-state index is 10.8. The first-order chi connectivity index (χ1) is 9.52. The van der Waals surface area contributed by atoms with Gasteiger partial charge in [-0.25, -0.2) is 0 Å². The zero-order valence-corrected chi connectivity index (χ0v) is 11.2. The summed E-state index contributed by atoms with van der Waals surface area (Å²) >= 11 is 0. The number of carbonyl (C=O) groups is 1. The van der Waals surface area contributed by atoms with Crippen LogP contribution in [0.2, 0.25) is 0 Å². The minimum atomic E-state index is -1.47. The van der Waals surface area contributed by atoms with Crippen molar-refractivity contribution in [3.8, 4) is 6.07 Å². The Bertz CT molecular complexity index is 700. The third-order valence-corrected chi connectivity index (χ3v) is 3.15. The van der Waals surface area contributed by atoms with Gasteiger partial charge in [0.05, 0.1) is 24.4 Å². The highest BCUT2D eigenvalue weighted by atomic mass is 16.4. The zero-order chi connectivity index (χ0) is 14.7. The van der Waals surface area contributed by atoms with Crippen molar-refractivity contribution >= 4 is 12.0 Å². The molecule has 0 aliphatic rings. The van der Waals surface area contributed by atoms with Gasteiger partial charge in [0.15, 0.2) is 0 Å². The van der Waals surface area contributed by atoms with Crippen molar-refractivity contribution in [3.05, 3.63) is 52.7 Å². The van der Waals surface area contributed by atoms with Gasteiger partial charge in [-0.15, -0.1) is 0 Å². The summed E-state index contributed by atoms with van der Waals surface area (Å²) in [5.74, 6) is -0.661. The number of nitrogens with zero attached hydrogens (tertiary/aromatic N) is 2. The number of aliphatic carboxylic acids is 1. The summed E-state index contributed by atoms with van der Waals surface area (Å²) in [6.07, 6.45) is 2.94. The molecule has 0 spiro atoms.